The molecule has 0 saturated carbocycles. The van der Waals surface area contributed by atoms with Crippen molar-refractivity contribution >= 4 is 27.5 Å². The Hall–Kier alpha value is -1.11. The van der Waals surface area contributed by atoms with Gasteiger partial charge in [0.25, 0.3) is 0 Å². The van der Waals surface area contributed by atoms with E-state index in [-0.39, 0.29) is 16.7 Å². The van der Waals surface area contributed by atoms with Gasteiger partial charge in [-0.3, -0.25) is 4.79 Å². The first-order valence-electron chi connectivity index (χ1n) is 8.90. The first-order valence-corrected chi connectivity index (χ1v) is 10.7. The molecule has 1 fully saturated rings. The van der Waals surface area contributed by atoms with Crippen LogP contribution in [0.15, 0.2) is 23.1 Å². The molecule has 25 heavy (non-hydrogen) atoms. The van der Waals surface area contributed by atoms with E-state index in [1.165, 1.54) is 10.4 Å². The first-order chi connectivity index (χ1) is 11.9. The SMILES string of the molecule is CCCCCNC(=O)C1CCN(S(=O)(=O)c2ccc(Cl)c(C)c2)CC1. The van der Waals surface area contributed by atoms with Gasteiger partial charge in [-0.15, -0.1) is 0 Å². The lowest BCUT2D eigenvalue weighted by Crippen LogP contribution is -2.43. The molecular formula is C18H27ClN2O3S. The van der Waals surface area contributed by atoms with Crippen LogP contribution >= 0.6 is 11.6 Å². The predicted octanol–water partition coefficient (Wildman–Crippen LogP) is 3.36. The zero-order valence-electron chi connectivity index (χ0n) is 14.9. The minimum absolute atomic E-state index is 0.0514. The Bertz CT molecular complexity index is 698. The molecule has 0 unspecified atom stereocenters. The fraction of sp³-hybridized carbons (Fsp3) is 0.611. The smallest absolute Gasteiger partial charge is 0.243 e. The highest BCUT2D eigenvalue weighted by Gasteiger charge is 2.32. The Labute approximate surface area is 155 Å². The van der Waals surface area contributed by atoms with Gasteiger partial charge in [-0.2, -0.15) is 4.31 Å². The molecule has 140 valence electrons. The van der Waals surface area contributed by atoms with Gasteiger partial charge in [0.05, 0.1) is 4.90 Å². The number of amides is 1. The number of piperidine rings is 1. The number of unbranched alkanes of at least 4 members (excludes halogenated alkanes) is 2. The van der Waals surface area contributed by atoms with E-state index in [2.05, 4.69) is 12.2 Å². The molecular weight excluding hydrogens is 360 g/mol. The van der Waals surface area contributed by atoms with Crippen molar-refractivity contribution in [2.24, 2.45) is 5.92 Å². The van der Waals surface area contributed by atoms with E-state index in [4.69, 9.17) is 11.6 Å². The van der Waals surface area contributed by atoms with E-state index in [1.807, 2.05) is 0 Å². The fourth-order valence-corrected chi connectivity index (χ4v) is 4.69. The molecule has 0 spiro atoms. The largest absolute Gasteiger partial charge is 0.356 e. The number of carbonyl (C=O) groups excluding carboxylic acids is 1. The molecule has 7 heteroatoms. The van der Waals surface area contributed by atoms with Crippen molar-refractivity contribution in [3.8, 4) is 0 Å². The second-order valence-corrected chi connectivity index (χ2v) is 8.93. The number of halogens is 1. The molecule has 0 radical (unpaired) electrons. The molecule has 1 N–H and O–H groups in total. The third kappa shape index (κ3) is 5.19. The second-order valence-electron chi connectivity index (χ2n) is 6.59. The molecule has 1 aromatic rings. The number of benzene rings is 1. The standard InChI is InChI=1S/C18H27ClN2O3S/c1-3-4-5-10-20-18(22)15-8-11-21(12-9-15)25(23,24)16-6-7-17(19)14(2)13-16/h6-7,13,15H,3-5,8-12H2,1-2H3,(H,20,22). The Morgan fingerprint density at radius 2 is 1.96 bits per heavy atom. The van der Waals surface area contributed by atoms with Crippen LogP contribution in [0.25, 0.3) is 0 Å². The topological polar surface area (TPSA) is 66.5 Å². The molecule has 1 aromatic carbocycles. The Morgan fingerprint density at radius 3 is 2.56 bits per heavy atom. The zero-order chi connectivity index (χ0) is 18.4. The lowest BCUT2D eigenvalue weighted by Gasteiger charge is -2.30. The normalized spacial score (nSPS) is 16.8. The van der Waals surface area contributed by atoms with Crippen LogP contribution in [0, 0.1) is 12.8 Å². The quantitative estimate of drug-likeness (QED) is 0.730. The maximum Gasteiger partial charge on any atom is 0.243 e. The van der Waals surface area contributed by atoms with Gasteiger partial charge in [-0.25, -0.2) is 8.42 Å². The molecule has 1 aliphatic heterocycles. The summed E-state index contributed by atoms with van der Waals surface area (Å²) in [4.78, 5) is 12.4. The summed E-state index contributed by atoms with van der Waals surface area (Å²) in [7, 11) is -3.53. The van der Waals surface area contributed by atoms with Crippen molar-refractivity contribution in [2.75, 3.05) is 19.6 Å². The first kappa shape index (κ1) is 20.2. The number of hydrogen-bond acceptors (Lipinski definition) is 3. The van der Waals surface area contributed by atoms with Crippen molar-refractivity contribution in [3.05, 3.63) is 28.8 Å². The van der Waals surface area contributed by atoms with Gasteiger partial charge in [-0.05, 0) is 49.9 Å². The highest BCUT2D eigenvalue weighted by Crippen LogP contribution is 2.26. The Balaban J connectivity index is 1.92. The molecule has 1 aliphatic rings. The number of nitrogens with one attached hydrogen (secondary N) is 1. The average Bonchev–Trinajstić information content (AvgIpc) is 2.61. The van der Waals surface area contributed by atoms with Gasteiger partial charge in [0, 0.05) is 30.6 Å². The van der Waals surface area contributed by atoms with E-state index < -0.39 is 10.0 Å². The molecule has 5 nitrogen and oxygen atoms in total. The summed E-state index contributed by atoms with van der Waals surface area (Å²) in [5.41, 5.74) is 0.740. The predicted molar refractivity (Wildman–Crippen MR) is 100 cm³/mol. The minimum Gasteiger partial charge on any atom is -0.356 e. The summed E-state index contributed by atoms with van der Waals surface area (Å²) in [6.45, 7) is 5.36. The van der Waals surface area contributed by atoms with Crippen molar-refractivity contribution in [1.29, 1.82) is 0 Å². The summed E-state index contributed by atoms with van der Waals surface area (Å²) in [6, 6.07) is 4.75. The third-order valence-electron chi connectivity index (χ3n) is 4.67. The molecule has 0 aliphatic carbocycles. The van der Waals surface area contributed by atoms with Crippen molar-refractivity contribution in [3.63, 3.8) is 0 Å². The maximum atomic E-state index is 12.8. The van der Waals surface area contributed by atoms with Crippen molar-refractivity contribution in [1.82, 2.24) is 9.62 Å². The molecule has 0 atom stereocenters. The van der Waals surface area contributed by atoms with E-state index in [0.717, 1.165) is 24.8 Å². The Morgan fingerprint density at radius 1 is 1.28 bits per heavy atom. The van der Waals surface area contributed by atoms with Crippen LogP contribution in [-0.4, -0.2) is 38.3 Å². The van der Waals surface area contributed by atoms with Gasteiger partial charge < -0.3 is 5.32 Å². The Kier molecular flexibility index (Phi) is 7.28. The second kappa shape index (κ2) is 9.01. The van der Waals surface area contributed by atoms with Crippen LogP contribution < -0.4 is 5.32 Å². The van der Waals surface area contributed by atoms with Crippen LogP contribution in [0.1, 0.15) is 44.6 Å². The molecule has 0 aromatic heterocycles. The van der Waals surface area contributed by atoms with Gasteiger partial charge in [0.2, 0.25) is 15.9 Å². The number of carbonyl (C=O) groups is 1. The summed E-state index contributed by atoms with van der Waals surface area (Å²) >= 11 is 5.98. The van der Waals surface area contributed by atoms with Crippen molar-refractivity contribution < 1.29 is 13.2 Å². The third-order valence-corrected chi connectivity index (χ3v) is 6.99. The zero-order valence-corrected chi connectivity index (χ0v) is 16.5. The van der Waals surface area contributed by atoms with Crippen LogP contribution in [-0.2, 0) is 14.8 Å². The number of hydrogen-bond donors (Lipinski definition) is 1. The van der Waals surface area contributed by atoms with E-state index in [1.54, 1.807) is 19.1 Å². The highest BCUT2D eigenvalue weighted by molar-refractivity contribution is 7.89. The van der Waals surface area contributed by atoms with Gasteiger partial charge in [0.1, 0.15) is 0 Å². The van der Waals surface area contributed by atoms with E-state index in [0.29, 0.717) is 37.5 Å². The van der Waals surface area contributed by atoms with Crippen molar-refractivity contribution in [2.45, 2.75) is 50.8 Å². The van der Waals surface area contributed by atoms with E-state index >= 15 is 0 Å². The minimum atomic E-state index is -3.53. The van der Waals surface area contributed by atoms with Gasteiger partial charge >= 0.3 is 0 Å². The van der Waals surface area contributed by atoms with E-state index in [9.17, 15) is 13.2 Å². The highest BCUT2D eigenvalue weighted by atomic mass is 35.5. The maximum absolute atomic E-state index is 12.8. The number of rotatable bonds is 7. The van der Waals surface area contributed by atoms with Gasteiger partial charge in [0.15, 0.2) is 0 Å². The number of nitrogens with zero attached hydrogens (tertiary/aromatic N) is 1. The average molecular weight is 387 g/mol. The number of sulfonamides is 1. The lowest BCUT2D eigenvalue weighted by atomic mass is 9.97. The summed E-state index contributed by atoms with van der Waals surface area (Å²) in [5, 5.41) is 3.52. The molecule has 0 bridgehead atoms. The molecule has 1 heterocycles. The molecule has 1 saturated heterocycles. The summed E-state index contributed by atoms with van der Waals surface area (Å²) in [6.07, 6.45) is 4.34. The monoisotopic (exact) mass is 386 g/mol. The van der Waals surface area contributed by atoms with Crippen LogP contribution in [0.2, 0.25) is 5.02 Å². The molecule has 2 rings (SSSR count). The molecule has 1 amide bonds. The number of aryl methyl sites for hydroxylation is 1. The summed E-state index contributed by atoms with van der Waals surface area (Å²) < 4.78 is 27.0. The lowest BCUT2D eigenvalue weighted by molar-refractivity contribution is -0.126. The van der Waals surface area contributed by atoms with Crippen LogP contribution in [0.3, 0.4) is 0 Å². The summed E-state index contributed by atoms with van der Waals surface area (Å²) in [5.74, 6) is -0.0458. The van der Waals surface area contributed by atoms with Gasteiger partial charge in [-0.1, -0.05) is 31.4 Å². The van der Waals surface area contributed by atoms with Crippen LogP contribution in [0.5, 0.6) is 0 Å². The fourth-order valence-electron chi connectivity index (χ4n) is 3.02. The van der Waals surface area contributed by atoms with Crippen LogP contribution in [0.4, 0.5) is 0 Å².